The molecule has 0 radical (unpaired) electrons. The molecule has 9 nitrogen and oxygen atoms in total. The molecule has 0 spiro atoms. The summed E-state index contributed by atoms with van der Waals surface area (Å²) in [6.07, 6.45) is 1.11. The highest BCUT2D eigenvalue weighted by Gasteiger charge is 2.18. The molecule has 0 aliphatic heterocycles. The number of benzene rings is 1. The minimum Gasteiger partial charge on any atom is -0.447 e. The predicted molar refractivity (Wildman–Crippen MR) is 110 cm³/mol. The van der Waals surface area contributed by atoms with Gasteiger partial charge in [0.25, 0.3) is 5.71 Å². The molecular formula is C20H22N6O3. The van der Waals surface area contributed by atoms with Crippen LogP contribution in [0.1, 0.15) is 19.4 Å². The monoisotopic (exact) mass is 394 g/mol. The number of carbonyl (C=O) groups is 1. The number of carbonyl (C=O) groups excluding carboxylic acids is 1. The molecule has 0 fully saturated rings. The average Bonchev–Trinajstić information content (AvgIpc) is 3.29. The van der Waals surface area contributed by atoms with Crippen LogP contribution in [-0.4, -0.2) is 38.8 Å². The summed E-state index contributed by atoms with van der Waals surface area (Å²) in [5.74, 6) is 1.09. The Morgan fingerprint density at radius 2 is 2.10 bits per heavy atom. The van der Waals surface area contributed by atoms with E-state index in [2.05, 4.69) is 25.6 Å². The van der Waals surface area contributed by atoms with Crippen LogP contribution in [0.4, 0.5) is 10.6 Å². The fraction of sp³-hybridized carbons (Fsp3) is 0.300. The Bertz CT molecular complexity index is 1190. The number of nitrogens with one attached hydrogen (secondary N) is 2. The fourth-order valence-electron chi connectivity index (χ4n) is 3.12. The van der Waals surface area contributed by atoms with Gasteiger partial charge in [-0.2, -0.15) is 4.98 Å². The SMILES string of the molecule is CNc1nc2oc(-c3cccc(CNC(=O)OC(C)C)c3)nc2c2c1ncn2C. The maximum absolute atomic E-state index is 11.7. The number of anilines is 1. The summed E-state index contributed by atoms with van der Waals surface area (Å²) in [7, 11) is 3.70. The first-order valence-electron chi connectivity index (χ1n) is 9.29. The van der Waals surface area contributed by atoms with E-state index in [0.29, 0.717) is 29.5 Å². The van der Waals surface area contributed by atoms with E-state index in [0.717, 1.165) is 22.2 Å². The van der Waals surface area contributed by atoms with E-state index >= 15 is 0 Å². The Kier molecular flexibility index (Phi) is 4.79. The number of oxazole rings is 1. The second-order valence-electron chi connectivity index (χ2n) is 6.94. The van der Waals surface area contributed by atoms with Gasteiger partial charge in [-0.3, -0.25) is 0 Å². The van der Waals surface area contributed by atoms with Crippen molar-refractivity contribution in [2.24, 2.45) is 7.05 Å². The number of aromatic nitrogens is 4. The molecule has 0 saturated heterocycles. The fourth-order valence-corrected chi connectivity index (χ4v) is 3.12. The first-order valence-corrected chi connectivity index (χ1v) is 9.29. The second-order valence-corrected chi connectivity index (χ2v) is 6.94. The number of ether oxygens (including phenoxy) is 1. The van der Waals surface area contributed by atoms with Crippen molar-refractivity contribution < 1.29 is 13.9 Å². The maximum Gasteiger partial charge on any atom is 0.407 e. The summed E-state index contributed by atoms with van der Waals surface area (Å²) in [5, 5.41) is 5.78. The molecule has 0 aliphatic rings. The minimum absolute atomic E-state index is 0.167. The molecule has 0 atom stereocenters. The van der Waals surface area contributed by atoms with Crippen molar-refractivity contribution >= 4 is 34.2 Å². The number of amides is 1. The van der Waals surface area contributed by atoms with Gasteiger partial charge in [0.15, 0.2) is 11.3 Å². The van der Waals surface area contributed by atoms with Crippen molar-refractivity contribution in [2.75, 3.05) is 12.4 Å². The molecule has 0 saturated carbocycles. The summed E-state index contributed by atoms with van der Waals surface area (Å²) >= 11 is 0. The van der Waals surface area contributed by atoms with E-state index in [4.69, 9.17) is 9.15 Å². The van der Waals surface area contributed by atoms with Crippen LogP contribution < -0.4 is 10.6 Å². The van der Waals surface area contributed by atoms with E-state index in [1.807, 2.05) is 35.9 Å². The van der Waals surface area contributed by atoms with Gasteiger partial charge < -0.3 is 24.4 Å². The lowest BCUT2D eigenvalue weighted by Crippen LogP contribution is -2.26. The highest BCUT2D eigenvalue weighted by molar-refractivity contribution is 6.03. The molecule has 9 heteroatoms. The van der Waals surface area contributed by atoms with Crippen LogP contribution in [0.3, 0.4) is 0 Å². The lowest BCUT2D eigenvalue weighted by atomic mass is 10.1. The van der Waals surface area contributed by atoms with E-state index < -0.39 is 6.09 Å². The molecule has 4 rings (SSSR count). The number of pyridine rings is 1. The quantitative estimate of drug-likeness (QED) is 0.534. The minimum atomic E-state index is -0.449. The van der Waals surface area contributed by atoms with Crippen molar-refractivity contribution in [3.8, 4) is 11.5 Å². The van der Waals surface area contributed by atoms with Crippen LogP contribution >= 0.6 is 0 Å². The van der Waals surface area contributed by atoms with Gasteiger partial charge in [-0.15, -0.1) is 0 Å². The Labute approximate surface area is 167 Å². The number of imidazole rings is 1. The van der Waals surface area contributed by atoms with Crippen LogP contribution in [0.5, 0.6) is 0 Å². The predicted octanol–water partition coefficient (Wildman–Crippen LogP) is 3.45. The number of aryl methyl sites for hydroxylation is 1. The smallest absolute Gasteiger partial charge is 0.407 e. The zero-order valence-corrected chi connectivity index (χ0v) is 16.7. The first-order chi connectivity index (χ1) is 14.0. The molecule has 29 heavy (non-hydrogen) atoms. The molecule has 3 aromatic heterocycles. The van der Waals surface area contributed by atoms with Gasteiger partial charge in [0.05, 0.1) is 12.4 Å². The lowest BCUT2D eigenvalue weighted by molar-refractivity contribution is 0.115. The van der Waals surface area contributed by atoms with Crippen LogP contribution in [0.2, 0.25) is 0 Å². The first kappa shape index (κ1) is 18.7. The number of fused-ring (bicyclic) bond motifs is 3. The molecule has 1 amide bonds. The topological polar surface area (TPSA) is 107 Å². The van der Waals surface area contributed by atoms with Crippen molar-refractivity contribution in [1.29, 1.82) is 0 Å². The number of nitrogens with zero attached hydrogens (tertiary/aromatic N) is 4. The van der Waals surface area contributed by atoms with E-state index in [1.165, 1.54) is 0 Å². The molecule has 150 valence electrons. The number of alkyl carbamates (subject to hydrolysis) is 1. The summed E-state index contributed by atoms with van der Waals surface area (Å²) in [6.45, 7) is 3.95. The average molecular weight is 394 g/mol. The maximum atomic E-state index is 11.7. The van der Waals surface area contributed by atoms with Crippen LogP contribution in [-0.2, 0) is 18.3 Å². The normalized spacial score (nSPS) is 11.3. The van der Waals surface area contributed by atoms with Gasteiger partial charge >= 0.3 is 6.09 Å². The molecular weight excluding hydrogens is 372 g/mol. The number of hydrogen-bond acceptors (Lipinski definition) is 7. The molecule has 2 N–H and O–H groups in total. The summed E-state index contributed by atoms with van der Waals surface area (Å²) in [6, 6.07) is 7.62. The van der Waals surface area contributed by atoms with Crippen molar-refractivity contribution in [3.05, 3.63) is 36.2 Å². The van der Waals surface area contributed by atoms with Gasteiger partial charge in [-0.05, 0) is 31.5 Å². The summed E-state index contributed by atoms with van der Waals surface area (Å²) in [5.41, 5.74) is 4.37. The molecule has 0 unspecified atom stereocenters. The Hall–Kier alpha value is -3.62. The van der Waals surface area contributed by atoms with Gasteiger partial charge in [0.1, 0.15) is 11.0 Å². The van der Waals surface area contributed by atoms with Gasteiger partial charge in [0.2, 0.25) is 5.89 Å². The summed E-state index contributed by atoms with van der Waals surface area (Å²) < 4.78 is 12.9. The highest BCUT2D eigenvalue weighted by atomic mass is 16.6. The molecule has 0 aliphatic carbocycles. The van der Waals surface area contributed by atoms with E-state index in [-0.39, 0.29) is 6.10 Å². The Morgan fingerprint density at radius 3 is 2.86 bits per heavy atom. The Balaban J connectivity index is 1.67. The van der Waals surface area contributed by atoms with Crippen LogP contribution in [0.15, 0.2) is 35.0 Å². The molecule has 3 heterocycles. The van der Waals surface area contributed by atoms with Gasteiger partial charge in [-0.25, -0.2) is 14.8 Å². The van der Waals surface area contributed by atoms with Gasteiger partial charge in [-0.1, -0.05) is 12.1 Å². The van der Waals surface area contributed by atoms with Crippen molar-refractivity contribution in [3.63, 3.8) is 0 Å². The third kappa shape index (κ3) is 3.58. The van der Waals surface area contributed by atoms with E-state index in [9.17, 15) is 4.79 Å². The second kappa shape index (κ2) is 7.42. The molecule has 0 bridgehead atoms. The standard InChI is InChI=1S/C20H22N6O3/c1-11(2)28-20(27)22-9-12-6-5-7-13(8-12)18-24-15-16-14(23-10-26(16)4)17(21-3)25-19(15)29-18/h5-8,10-11H,9H2,1-4H3,(H,21,25)(H,22,27). The summed E-state index contributed by atoms with van der Waals surface area (Å²) in [4.78, 5) is 25.3. The zero-order chi connectivity index (χ0) is 20.5. The third-order valence-corrected chi connectivity index (χ3v) is 4.40. The van der Waals surface area contributed by atoms with Crippen LogP contribution in [0, 0.1) is 0 Å². The van der Waals surface area contributed by atoms with Gasteiger partial charge in [0, 0.05) is 26.2 Å². The van der Waals surface area contributed by atoms with Crippen LogP contribution in [0.25, 0.3) is 33.7 Å². The largest absolute Gasteiger partial charge is 0.447 e. The van der Waals surface area contributed by atoms with Crippen molar-refractivity contribution in [1.82, 2.24) is 24.8 Å². The molecule has 1 aromatic carbocycles. The number of rotatable bonds is 5. The van der Waals surface area contributed by atoms with E-state index in [1.54, 1.807) is 27.2 Å². The van der Waals surface area contributed by atoms with Crippen molar-refractivity contribution in [2.45, 2.75) is 26.5 Å². The lowest BCUT2D eigenvalue weighted by Gasteiger charge is -2.09. The number of hydrogen-bond donors (Lipinski definition) is 2. The Morgan fingerprint density at radius 1 is 1.28 bits per heavy atom. The third-order valence-electron chi connectivity index (χ3n) is 4.40. The molecule has 4 aromatic rings. The highest BCUT2D eigenvalue weighted by Crippen LogP contribution is 2.31. The zero-order valence-electron chi connectivity index (χ0n) is 16.7.